The van der Waals surface area contributed by atoms with Crippen LogP contribution in [0.1, 0.15) is 25.3 Å². The van der Waals surface area contributed by atoms with Gasteiger partial charge in [0.05, 0.1) is 10.7 Å². The summed E-state index contributed by atoms with van der Waals surface area (Å²) in [5.74, 6) is -1.00. The summed E-state index contributed by atoms with van der Waals surface area (Å²) < 4.78 is 22.4. The van der Waals surface area contributed by atoms with Gasteiger partial charge in [-0.15, -0.1) is 0 Å². The van der Waals surface area contributed by atoms with Crippen molar-refractivity contribution in [1.82, 2.24) is 10.5 Å². The second kappa shape index (κ2) is 8.10. The number of carbonyl (C=O) groups is 1. The first-order chi connectivity index (χ1) is 13.7. The number of halogens is 1. The molecule has 1 aliphatic rings. The average Bonchev–Trinajstić information content (AvgIpc) is 3.15. The molecule has 2 heterocycles. The molecule has 8 nitrogen and oxygen atoms in total. The number of hydroxylamine groups is 1. The lowest BCUT2D eigenvalue weighted by atomic mass is 9.96. The van der Waals surface area contributed by atoms with Crippen LogP contribution in [-0.2, 0) is 19.5 Å². The van der Waals surface area contributed by atoms with Gasteiger partial charge >= 0.3 is 0 Å². The highest BCUT2D eigenvalue weighted by molar-refractivity contribution is 7.92. The Bertz CT molecular complexity index is 1060. The molecule has 0 saturated carbocycles. The summed E-state index contributed by atoms with van der Waals surface area (Å²) in [4.78, 5) is 21.3. The molecule has 1 aromatic heterocycles. The zero-order valence-electron chi connectivity index (χ0n) is 15.8. The van der Waals surface area contributed by atoms with Crippen LogP contribution in [0, 0.1) is 0 Å². The van der Waals surface area contributed by atoms with Crippen LogP contribution in [0.4, 0.5) is 0 Å². The maximum absolute atomic E-state index is 12.1. The second-order valence-corrected chi connectivity index (χ2v) is 9.90. The average molecular weight is 438 g/mol. The third-order valence-corrected chi connectivity index (χ3v) is 7.34. The number of pyridine rings is 1. The summed E-state index contributed by atoms with van der Waals surface area (Å²) >= 11 is 6.17. The number of amides is 1. The van der Waals surface area contributed by atoms with Gasteiger partial charge in [0.15, 0.2) is 14.6 Å². The van der Waals surface area contributed by atoms with Crippen molar-refractivity contribution in [3.63, 3.8) is 0 Å². The number of hydrogen-bond donors (Lipinski definition) is 2. The van der Waals surface area contributed by atoms with E-state index in [4.69, 9.17) is 21.6 Å². The predicted octanol–water partition coefficient (Wildman–Crippen LogP) is 2.59. The SMILES string of the molecule is CC(CC1CC(c2ccc(-c3ccncc3Cl)cc2)=NO1)(C(=O)NO)S(C)(=O)=O. The minimum absolute atomic E-state index is 0.143. The highest BCUT2D eigenvalue weighted by Crippen LogP contribution is 2.31. The van der Waals surface area contributed by atoms with Crippen molar-refractivity contribution in [2.75, 3.05) is 6.26 Å². The van der Waals surface area contributed by atoms with E-state index in [0.29, 0.717) is 17.2 Å². The Morgan fingerprint density at radius 3 is 2.55 bits per heavy atom. The van der Waals surface area contributed by atoms with Crippen LogP contribution >= 0.6 is 11.6 Å². The molecule has 2 aromatic rings. The van der Waals surface area contributed by atoms with Gasteiger partial charge in [-0.3, -0.25) is 15.0 Å². The number of hydrogen-bond acceptors (Lipinski definition) is 7. The van der Waals surface area contributed by atoms with Gasteiger partial charge in [0.25, 0.3) is 5.91 Å². The molecule has 0 fully saturated rings. The van der Waals surface area contributed by atoms with Crippen LogP contribution in [0.2, 0.25) is 5.02 Å². The molecule has 2 atom stereocenters. The van der Waals surface area contributed by atoms with Gasteiger partial charge in [-0.25, -0.2) is 13.9 Å². The molecular weight excluding hydrogens is 418 g/mol. The maximum Gasteiger partial charge on any atom is 0.264 e. The third-order valence-electron chi connectivity index (χ3n) is 5.05. The molecule has 0 saturated heterocycles. The van der Waals surface area contributed by atoms with Crippen molar-refractivity contribution in [2.45, 2.75) is 30.6 Å². The first-order valence-electron chi connectivity index (χ1n) is 8.73. The first-order valence-corrected chi connectivity index (χ1v) is 11.0. The quantitative estimate of drug-likeness (QED) is 0.529. The number of nitrogens with zero attached hydrogens (tertiary/aromatic N) is 2. The highest BCUT2D eigenvalue weighted by Gasteiger charge is 2.47. The van der Waals surface area contributed by atoms with Crippen molar-refractivity contribution < 1.29 is 23.3 Å². The molecule has 154 valence electrons. The lowest BCUT2D eigenvalue weighted by Gasteiger charge is -2.26. The van der Waals surface area contributed by atoms with Crippen LogP contribution in [0.3, 0.4) is 0 Å². The number of carbonyl (C=O) groups excluding carboxylic acids is 1. The molecule has 2 unspecified atom stereocenters. The number of oxime groups is 1. The molecule has 1 aliphatic heterocycles. The fourth-order valence-electron chi connectivity index (χ4n) is 3.12. The Balaban J connectivity index is 1.74. The van der Waals surface area contributed by atoms with Crippen molar-refractivity contribution in [3.8, 4) is 11.1 Å². The number of rotatable bonds is 6. The van der Waals surface area contributed by atoms with E-state index in [2.05, 4.69) is 10.1 Å². The normalized spacial score (nSPS) is 18.5. The van der Waals surface area contributed by atoms with Gasteiger partial charge in [0.1, 0.15) is 6.10 Å². The van der Waals surface area contributed by atoms with Gasteiger partial charge in [0, 0.05) is 37.1 Å². The monoisotopic (exact) mass is 437 g/mol. The zero-order valence-corrected chi connectivity index (χ0v) is 17.4. The Kier molecular flexibility index (Phi) is 5.92. The predicted molar refractivity (Wildman–Crippen MR) is 109 cm³/mol. The van der Waals surface area contributed by atoms with E-state index in [1.807, 2.05) is 30.3 Å². The molecule has 0 aliphatic carbocycles. The minimum atomic E-state index is -3.81. The summed E-state index contributed by atoms with van der Waals surface area (Å²) in [6.45, 7) is 1.25. The molecule has 1 amide bonds. The van der Waals surface area contributed by atoms with Crippen LogP contribution < -0.4 is 5.48 Å². The first kappa shape index (κ1) is 21.2. The zero-order chi connectivity index (χ0) is 21.2. The molecular formula is C19H20ClN3O5S. The largest absolute Gasteiger partial charge is 0.392 e. The molecule has 0 radical (unpaired) electrons. The van der Waals surface area contributed by atoms with Crippen molar-refractivity contribution in [3.05, 3.63) is 53.3 Å². The maximum atomic E-state index is 12.1. The molecule has 10 heteroatoms. The summed E-state index contributed by atoms with van der Waals surface area (Å²) in [6, 6.07) is 9.35. The van der Waals surface area contributed by atoms with Gasteiger partial charge < -0.3 is 4.84 Å². The van der Waals surface area contributed by atoms with Crippen LogP contribution in [0.25, 0.3) is 11.1 Å². The van der Waals surface area contributed by atoms with Crippen molar-refractivity contribution in [1.29, 1.82) is 0 Å². The topological polar surface area (TPSA) is 118 Å². The summed E-state index contributed by atoms with van der Waals surface area (Å²) in [6.07, 6.45) is 3.76. The Labute approximate surface area is 173 Å². The number of aromatic nitrogens is 1. The van der Waals surface area contributed by atoms with E-state index in [9.17, 15) is 13.2 Å². The van der Waals surface area contributed by atoms with Gasteiger partial charge in [0.2, 0.25) is 0 Å². The molecule has 1 aromatic carbocycles. The van der Waals surface area contributed by atoms with Crippen LogP contribution in [0.15, 0.2) is 47.9 Å². The molecule has 2 N–H and O–H groups in total. The van der Waals surface area contributed by atoms with E-state index in [1.165, 1.54) is 12.4 Å². The van der Waals surface area contributed by atoms with E-state index >= 15 is 0 Å². The van der Waals surface area contributed by atoms with E-state index in [-0.39, 0.29) is 6.42 Å². The smallest absolute Gasteiger partial charge is 0.264 e. The lowest BCUT2D eigenvalue weighted by molar-refractivity contribution is -0.132. The molecule has 0 bridgehead atoms. The fraction of sp³-hybridized carbons (Fsp3) is 0.316. The standard InChI is InChI=1S/C19H20ClN3O5S/c1-19(18(24)22-25,29(2,26)27)10-14-9-17(23-28-14)13-5-3-12(4-6-13)15-7-8-21-11-16(15)20/h3-8,11,14,25H,9-10H2,1-2H3,(H,22,24). The lowest BCUT2D eigenvalue weighted by Crippen LogP contribution is -2.51. The molecule has 29 heavy (non-hydrogen) atoms. The summed E-state index contributed by atoms with van der Waals surface area (Å²) in [5.41, 5.74) is 4.66. The van der Waals surface area contributed by atoms with Crippen LogP contribution in [0.5, 0.6) is 0 Å². The van der Waals surface area contributed by atoms with Gasteiger partial charge in [-0.2, -0.15) is 0 Å². The van der Waals surface area contributed by atoms with Gasteiger partial charge in [-0.05, 0) is 24.1 Å². The van der Waals surface area contributed by atoms with Crippen molar-refractivity contribution >= 4 is 33.1 Å². The Morgan fingerprint density at radius 2 is 1.97 bits per heavy atom. The fourth-order valence-corrected chi connectivity index (χ4v) is 4.22. The second-order valence-electron chi connectivity index (χ2n) is 7.05. The Hall–Kier alpha value is -2.49. The van der Waals surface area contributed by atoms with Crippen LogP contribution in [-0.4, -0.2) is 47.3 Å². The van der Waals surface area contributed by atoms with Crippen molar-refractivity contribution in [2.24, 2.45) is 5.16 Å². The Morgan fingerprint density at radius 1 is 1.31 bits per heavy atom. The number of benzene rings is 1. The summed E-state index contributed by atoms with van der Waals surface area (Å²) in [7, 11) is -3.81. The summed E-state index contributed by atoms with van der Waals surface area (Å²) in [5, 5.41) is 13.5. The number of nitrogens with one attached hydrogen (secondary N) is 1. The number of sulfone groups is 1. The third kappa shape index (κ3) is 4.26. The van der Waals surface area contributed by atoms with Gasteiger partial charge in [-0.1, -0.05) is 41.0 Å². The highest BCUT2D eigenvalue weighted by atomic mass is 35.5. The van der Waals surface area contributed by atoms with E-state index in [1.54, 1.807) is 12.4 Å². The molecule has 3 rings (SSSR count). The van der Waals surface area contributed by atoms with E-state index < -0.39 is 26.6 Å². The minimum Gasteiger partial charge on any atom is -0.392 e. The van der Waals surface area contributed by atoms with E-state index in [0.717, 1.165) is 22.9 Å². The molecule has 0 spiro atoms.